The fraction of sp³-hybridized carbons (Fsp3) is 0.385. The summed E-state index contributed by atoms with van der Waals surface area (Å²) in [5.74, 6) is 0. The van der Waals surface area contributed by atoms with E-state index < -0.39 is 0 Å². The van der Waals surface area contributed by atoms with E-state index in [0.29, 0.717) is 0 Å². The van der Waals surface area contributed by atoms with E-state index in [-0.39, 0.29) is 0 Å². The summed E-state index contributed by atoms with van der Waals surface area (Å²) in [7, 11) is 0. The standard InChI is InChI=1S/C13H16/c1-9-7-8-12-6-4-5-10(2)13(12)11(9)3/h5,7-8H,4,6H2,1-3H3. The average Bonchev–Trinajstić information content (AvgIpc) is 2.12. The lowest BCUT2D eigenvalue weighted by molar-refractivity contribution is 0.967. The second kappa shape index (κ2) is 3.02. The second-order valence-corrected chi connectivity index (χ2v) is 3.97. The number of allylic oxidation sites excluding steroid dienone is 2. The lowest BCUT2D eigenvalue weighted by Gasteiger charge is -2.18. The van der Waals surface area contributed by atoms with Gasteiger partial charge >= 0.3 is 0 Å². The van der Waals surface area contributed by atoms with Crippen LogP contribution in [-0.2, 0) is 6.42 Å². The summed E-state index contributed by atoms with van der Waals surface area (Å²) in [6.07, 6.45) is 4.78. The molecule has 1 aromatic carbocycles. The van der Waals surface area contributed by atoms with Crippen molar-refractivity contribution in [3.05, 3.63) is 40.5 Å². The molecule has 0 N–H and O–H groups in total. The minimum absolute atomic E-state index is 1.21. The number of aryl methyl sites for hydroxylation is 2. The Morgan fingerprint density at radius 1 is 1.08 bits per heavy atom. The smallest absolute Gasteiger partial charge is 0.0166 e. The van der Waals surface area contributed by atoms with Gasteiger partial charge in [0.2, 0.25) is 0 Å². The summed E-state index contributed by atoms with van der Waals surface area (Å²) >= 11 is 0. The zero-order valence-corrected chi connectivity index (χ0v) is 8.65. The molecule has 0 saturated carbocycles. The van der Waals surface area contributed by atoms with E-state index in [0.717, 1.165) is 0 Å². The van der Waals surface area contributed by atoms with Crippen molar-refractivity contribution in [2.24, 2.45) is 0 Å². The van der Waals surface area contributed by atoms with Crippen LogP contribution in [-0.4, -0.2) is 0 Å². The molecule has 0 radical (unpaired) electrons. The minimum Gasteiger partial charge on any atom is -0.0807 e. The molecule has 0 nitrogen and oxygen atoms in total. The summed E-state index contributed by atoms with van der Waals surface area (Å²) in [4.78, 5) is 0. The zero-order valence-electron chi connectivity index (χ0n) is 8.65. The fourth-order valence-corrected chi connectivity index (χ4v) is 2.18. The Morgan fingerprint density at radius 2 is 1.85 bits per heavy atom. The maximum absolute atomic E-state index is 2.36. The molecule has 0 aliphatic heterocycles. The third-order valence-electron chi connectivity index (χ3n) is 3.08. The van der Waals surface area contributed by atoms with Gasteiger partial charge in [-0.2, -0.15) is 0 Å². The quantitative estimate of drug-likeness (QED) is 0.560. The Balaban J connectivity index is 2.68. The lowest BCUT2D eigenvalue weighted by atomic mass is 9.86. The van der Waals surface area contributed by atoms with Crippen LogP contribution in [0.3, 0.4) is 0 Å². The molecule has 2 rings (SSSR count). The van der Waals surface area contributed by atoms with Crippen molar-refractivity contribution < 1.29 is 0 Å². The summed E-state index contributed by atoms with van der Waals surface area (Å²) in [5.41, 5.74) is 7.37. The first-order chi connectivity index (χ1) is 6.20. The van der Waals surface area contributed by atoms with Crippen molar-refractivity contribution in [2.75, 3.05) is 0 Å². The molecule has 1 aromatic rings. The Morgan fingerprint density at radius 3 is 2.62 bits per heavy atom. The van der Waals surface area contributed by atoms with Crippen molar-refractivity contribution >= 4 is 5.57 Å². The van der Waals surface area contributed by atoms with Gasteiger partial charge in [0, 0.05) is 0 Å². The van der Waals surface area contributed by atoms with E-state index >= 15 is 0 Å². The fourth-order valence-electron chi connectivity index (χ4n) is 2.18. The number of benzene rings is 1. The lowest BCUT2D eigenvalue weighted by Crippen LogP contribution is -2.01. The van der Waals surface area contributed by atoms with Gasteiger partial charge in [-0.25, -0.2) is 0 Å². The minimum atomic E-state index is 1.21. The Hall–Kier alpha value is -1.04. The third kappa shape index (κ3) is 1.31. The van der Waals surface area contributed by atoms with E-state index in [9.17, 15) is 0 Å². The first kappa shape index (κ1) is 8.55. The normalized spacial score (nSPS) is 15.2. The maximum Gasteiger partial charge on any atom is -0.0166 e. The van der Waals surface area contributed by atoms with Gasteiger partial charge in [-0.15, -0.1) is 0 Å². The molecule has 0 heteroatoms. The first-order valence-corrected chi connectivity index (χ1v) is 4.96. The van der Waals surface area contributed by atoms with E-state index in [1.54, 1.807) is 0 Å². The van der Waals surface area contributed by atoms with Gasteiger partial charge < -0.3 is 0 Å². The van der Waals surface area contributed by atoms with Crippen molar-refractivity contribution in [3.8, 4) is 0 Å². The van der Waals surface area contributed by atoms with Gasteiger partial charge in [0.15, 0.2) is 0 Å². The van der Waals surface area contributed by atoms with Gasteiger partial charge in [0.25, 0.3) is 0 Å². The van der Waals surface area contributed by atoms with Crippen LogP contribution in [0.4, 0.5) is 0 Å². The highest BCUT2D eigenvalue weighted by Gasteiger charge is 2.12. The van der Waals surface area contributed by atoms with E-state index in [1.807, 2.05) is 0 Å². The molecule has 0 heterocycles. The molecule has 0 spiro atoms. The van der Waals surface area contributed by atoms with Gasteiger partial charge in [-0.3, -0.25) is 0 Å². The predicted molar refractivity (Wildman–Crippen MR) is 57.9 cm³/mol. The number of fused-ring (bicyclic) bond motifs is 1. The number of rotatable bonds is 0. The van der Waals surface area contributed by atoms with Crippen LogP contribution in [0.5, 0.6) is 0 Å². The molecule has 68 valence electrons. The molecule has 0 fully saturated rings. The van der Waals surface area contributed by atoms with Gasteiger partial charge in [0.05, 0.1) is 0 Å². The van der Waals surface area contributed by atoms with E-state index in [4.69, 9.17) is 0 Å². The predicted octanol–water partition coefficient (Wildman–Crippen LogP) is 3.65. The first-order valence-electron chi connectivity index (χ1n) is 4.96. The molecule has 0 aromatic heterocycles. The second-order valence-electron chi connectivity index (χ2n) is 3.97. The zero-order chi connectivity index (χ0) is 9.42. The molecule has 0 atom stereocenters. The van der Waals surface area contributed by atoms with Crippen LogP contribution < -0.4 is 0 Å². The highest BCUT2D eigenvalue weighted by molar-refractivity contribution is 5.72. The van der Waals surface area contributed by atoms with Crippen LogP contribution in [0, 0.1) is 13.8 Å². The maximum atomic E-state index is 2.36. The number of hydrogen-bond donors (Lipinski definition) is 0. The molecule has 0 amide bonds. The molecular formula is C13H16. The van der Waals surface area contributed by atoms with Crippen LogP contribution in [0.25, 0.3) is 5.57 Å². The van der Waals surface area contributed by atoms with Crippen LogP contribution >= 0.6 is 0 Å². The van der Waals surface area contributed by atoms with Crippen LogP contribution in [0.2, 0.25) is 0 Å². The highest BCUT2D eigenvalue weighted by atomic mass is 14.2. The van der Waals surface area contributed by atoms with Crippen LogP contribution in [0.1, 0.15) is 35.6 Å². The third-order valence-corrected chi connectivity index (χ3v) is 3.08. The molecule has 1 aliphatic rings. The number of hydrogen-bond acceptors (Lipinski definition) is 0. The molecule has 0 unspecified atom stereocenters. The van der Waals surface area contributed by atoms with Crippen molar-refractivity contribution in [2.45, 2.75) is 33.6 Å². The van der Waals surface area contributed by atoms with Crippen molar-refractivity contribution in [1.82, 2.24) is 0 Å². The molecule has 13 heavy (non-hydrogen) atoms. The molecular weight excluding hydrogens is 156 g/mol. The Bertz CT molecular complexity index is 370. The van der Waals surface area contributed by atoms with Gasteiger partial charge in [-0.1, -0.05) is 18.2 Å². The van der Waals surface area contributed by atoms with Crippen molar-refractivity contribution in [3.63, 3.8) is 0 Å². The summed E-state index contributed by atoms with van der Waals surface area (Å²) < 4.78 is 0. The van der Waals surface area contributed by atoms with Gasteiger partial charge in [-0.05, 0) is 61.4 Å². The molecule has 0 bridgehead atoms. The Labute approximate surface area is 80.3 Å². The summed E-state index contributed by atoms with van der Waals surface area (Å²) in [6, 6.07) is 4.53. The summed E-state index contributed by atoms with van der Waals surface area (Å²) in [5, 5.41) is 0. The monoisotopic (exact) mass is 172 g/mol. The Kier molecular flexibility index (Phi) is 1.99. The SMILES string of the molecule is CC1=CCCc2ccc(C)c(C)c21. The summed E-state index contributed by atoms with van der Waals surface area (Å²) in [6.45, 7) is 6.65. The largest absolute Gasteiger partial charge is 0.0807 e. The van der Waals surface area contributed by atoms with E-state index in [1.165, 1.54) is 40.7 Å². The van der Waals surface area contributed by atoms with Crippen molar-refractivity contribution in [1.29, 1.82) is 0 Å². The molecule has 0 saturated heterocycles. The van der Waals surface area contributed by atoms with E-state index in [2.05, 4.69) is 39.0 Å². The topological polar surface area (TPSA) is 0 Å². The van der Waals surface area contributed by atoms with Crippen LogP contribution in [0.15, 0.2) is 18.2 Å². The highest BCUT2D eigenvalue weighted by Crippen LogP contribution is 2.30. The van der Waals surface area contributed by atoms with Gasteiger partial charge in [0.1, 0.15) is 0 Å². The average molecular weight is 172 g/mol. The molecule has 1 aliphatic carbocycles.